The number of imidazole rings is 1. The highest BCUT2D eigenvalue weighted by molar-refractivity contribution is 7.25. The Balaban J connectivity index is 1.20. The number of thiazole rings is 2. The number of rotatable bonds is 6. The van der Waals surface area contributed by atoms with Gasteiger partial charge in [0.25, 0.3) is 0 Å². The summed E-state index contributed by atoms with van der Waals surface area (Å²) in [5.41, 5.74) is 14.2. The third-order valence-electron chi connectivity index (χ3n) is 9.39. The second-order valence-corrected chi connectivity index (χ2v) is 14.5. The van der Waals surface area contributed by atoms with Crippen LogP contribution in [0.25, 0.3) is 91.7 Å². The van der Waals surface area contributed by atoms with E-state index >= 15 is 0 Å². The topological polar surface area (TPSA) is 43.6 Å². The van der Waals surface area contributed by atoms with Crippen molar-refractivity contribution < 1.29 is 0 Å². The van der Waals surface area contributed by atoms with Crippen LogP contribution in [0.1, 0.15) is 0 Å². The number of nitrogens with zero attached hydrogens (tertiary/aromatic N) is 4. The van der Waals surface area contributed by atoms with Gasteiger partial charge in [0.2, 0.25) is 0 Å². The summed E-state index contributed by atoms with van der Waals surface area (Å²) in [6.07, 6.45) is 1.91. The lowest BCUT2D eigenvalue weighted by atomic mass is 10.00. The molecule has 10 aromatic rings. The van der Waals surface area contributed by atoms with E-state index in [1.54, 1.807) is 22.7 Å². The number of aromatic nitrogens is 4. The van der Waals surface area contributed by atoms with Gasteiger partial charge < -0.3 is 0 Å². The molecule has 6 heteroatoms. The minimum absolute atomic E-state index is 0.944. The zero-order valence-corrected chi connectivity index (χ0v) is 28.9. The first-order chi connectivity index (χ1) is 25.3. The highest BCUT2D eigenvalue weighted by atomic mass is 32.1. The van der Waals surface area contributed by atoms with Crippen LogP contribution in [0.5, 0.6) is 0 Å². The largest absolute Gasteiger partial charge is 0.299 e. The monoisotopic (exact) mass is 688 g/mol. The molecule has 7 aromatic carbocycles. The van der Waals surface area contributed by atoms with Crippen LogP contribution in [0.4, 0.5) is 0 Å². The molecule has 0 N–H and O–H groups in total. The SMILES string of the molecule is c1ccc(-c2ccccc2-c2nc3cc4nc(-c5ccccc5-c5ccccc5)sc4c(-c4ccc5c(c4)ncn5-c4ccccc4)c3s2)cc1. The quantitative estimate of drug-likeness (QED) is 0.175. The summed E-state index contributed by atoms with van der Waals surface area (Å²) in [6.45, 7) is 0. The molecule has 0 spiro atoms. The highest BCUT2D eigenvalue weighted by Gasteiger charge is 2.22. The van der Waals surface area contributed by atoms with Gasteiger partial charge >= 0.3 is 0 Å². The maximum Gasteiger partial charge on any atom is 0.125 e. The van der Waals surface area contributed by atoms with Crippen molar-refractivity contribution in [3.63, 3.8) is 0 Å². The third kappa shape index (κ3) is 5.16. The Morgan fingerprint density at radius 2 is 0.902 bits per heavy atom. The molecule has 0 fully saturated rings. The molecule has 0 aliphatic carbocycles. The van der Waals surface area contributed by atoms with E-state index in [4.69, 9.17) is 15.0 Å². The van der Waals surface area contributed by atoms with Gasteiger partial charge in [0.05, 0.1) is 31.5 Å². The lowest BCUT2D eigenvalue weighted by Crippen LogP contribution is -1.90. The first-order valence-electron chi connectivity index (χ1n) is 16.9. The average Bonchev–Trinajstić information content (AvgIpc) is 3.95. The van der Waals surface area contributed by atoms with Gasteiger partial charge in [-0.25, -0.2) is 15.0 Å². The van der Waals surface area contributed by atoms with E-state index in [0.29, 0.717) is 0 Å². The Hall–Kier alpha value is -6.21. The Kier molecular flexibility index (Phi) is 7.15. The molecule has 0 radical (unpaired) electrons. The second kappa shape index (κ2) is 12.3. The average molecular weight is 689 g/mol. The molecule has 0 amide bonds. The standard InChI is InChI=1S/C45H28N4S2/c1-4-14-29(15-5-1)33-20-10-12-22-35(33)44-47-38-27-39-43(51-45(48-39)36-23-13-11-21-34(36)30-16-6-2-7-17-30)41(42(38)50-44)31-24-25-40-37(26-31)46-28-49(40)32-18-8-3-9-19-32/h1-28H. The van der Waals surface area contributed by atoms with Gasteiger partial charge in [0, 0.05) is 22.4 Å². The molecule has 51 heavy (non-hydrogen) atoms. The molecule has 0 saturated carbocycles. The summed E-state index contributed by atoms with van der Waals surface area (Å²) >= 11 is 3.50. The minimum Gasteiger partial charge on any atom is -0.299 e. The summed E-state index contributed by atoms with van der Waals surface area (Å²) < 4.78 is 4.44. The van der Waals surface area contributed by atoms with Crippen molar-refractivity contribution in [3.05, 3.63) is 170 Å². The van der Waals surface area contributed by atoms with E-state index in [0.717, 1.165) is 69.4 Å². The van der Waals surface area contributed by atoms with Crippen molar-refractivity contribution in [2.75, 3.05) is 0 Å². The highest BCUT2D eigenvalue weighted by Crippen LogP contribution is 2.47. The molecular weight excluding hydrogens is 661 g/mol. The molecule has 0 atom stereocenters. The van der Waals surface area contributed by atoms with Gasteiger partial charge in [-0.2, -0.15) is 0 Å². The van der Waals surface area contributed by atoms with E-state index in [1.807, 2.05) is 12.4 Å². The van der Waals surface area contributed by atoms with Crippen LogP contribution < -0.4 is 0 Å². The predicted octanol–water partition coefficient (Wildman–Crippen LogP) is 12.6. The van der Waals surface area contributed by atoms with Crippen molar-refractivity contribution in [2.45, 2.75) is 0 Å². The number of benzene rings is 7. The maximum absolute atomic E-state index is 5.32. The van der Waals surface area contributed by atoms with E-state index in [-0.39, 0.29) is 0 Å². The number of para-hydroxylation sites is 1. The lowest BCUT2D eigenvalue weighted by molar-refractivity contribution is 1.09. The number of hydrogen-bond donors (Lipinski definition) is 0. The van der Waals surface area contributed by atoms with E-state index in [9.17, 15) is 0 Å². The van der Waals surface area contributed by atoms with Crippen LogP contribution in [0.3, 0.4) is 0 Å². The van der Waals surface area contributed by atoms with Crippen LogP contribution in [-0.4, -0.2) is 19.5 Å². The van der Waals surface area contributed by atoms with Crippen molar-refractivity contribution in [2.24, 2.45) is 0 Å². The molecule has 0 unspecified atom stereocenters. The molecule has 10 rings (SSSR count). The Labute approximate surface area is 302 Å². The Bertz CT molecular complexity index is 2720. The second-order valence-electron chi connectivity index (χ2n) is 12.5. The van der Waals surface area contributed by atoms with E-state index in [2.05, 4.69) is 162 Å². The first kappa shape index (κ1) is 29.7. The van der Waals surface area contributed by atoms with Crippen LogP contribution >= 0.6 is 22.7 Å². The fraction of sp³-hybridized carbons (Fsp3) is 0. The Morgan fingerprint density at radius 3 is 1.45 bits per heavy atom. The zero-order valence-electron chi connectivity index (χ0n) is 27.3. The predicted molar refractivity (Wildman–Crippen MR) is 215 cm³/mol. The molecule has 240 valence electrons. The van der Waals surface area contributed by atoms with Crippen molar-refractivity contribution in [3.8, 4) is 60.2 Å². The Morgan fingerprint density at radius 1 is 0.412 bits per heavy atom. The van der Waals surface area contributed by atoms with Gasteiger partial charge in [0.1, 0.15) is 16.3 Å². The third-order valence-corrected chi connectivity index (χ3v) is 11.6. The summed E-state index contributed by atoms with van der Waals surface area (Å²) in [5, 5.41) is 1.99. The molecule has 0 aliphatic rings. The maximum atomic E-state index is 5.32. The number of hydrogen-bond acceptors (Lipinski definition) is 5. The van der Waals surface area contributed by atoms with Gasteiger partial charge in [-0.3, -0.25) is 4.57 Å². The van der Waals surface area contributed by atoms with Crippen LogP contribution in [0, 0.1) is 0 Å². The van der Waals surface area contributed by atoms with Gasteiger partial charge in [-0.05, 0) is 58.1 Å². The van der Waals surface area contributed by atoms with Crippen LogP contribution in [0.2, 0.25) is 0 Å². The van der Waals surface area contributed by atoms with E-state index in [1.165, 1.54) is 22.3 Å². The molecule has 0 bridgehead atoms. The minimum atomic E-state index is 0.944. The van der Waals surface area contributed by atoms with Gasteiger partial charge in [0.15, 0.2) is 0 Å². The number of fused-ring (bicyclic) bond motifs is 3. The van der Waals surface area contributed by atoms with Crippen LogP contribution in [-0.2, 0) is 0 Å². The molecule has 3 heterocycles. The van der Waals surface area contributed by atoms with Crippen molar-refractivity contribution in [1.82, 2.24) is 19.5 Å². The summed E-state index contributed by atoms with van der Waals surface area (Å²) in [4.78, 5) is 15.5. The summed E-state index contributed by atoms with van der Waals surface area (Å²) in [7, 11) is 0. The normalized spacial score (nSPS) is 11.5. The van der Waals surface area contributed by atoms with Crippen molar-refractivity contribution in [1.29, 1.82) is 0 Å². The van der Waals surface area contributed by atoms with Gasteiger partial charge in [-0.15, -0.1) is 22.7 Å². The fourth-order valence-corrected chi connectivity index (χ4v) is 9.36. The zero-order chi connectivity index (χ0) is 33.7. The van der Waals surface area contributed by atoms with Crippen LogP contribution in [0.15, 0.2) is 170 Å². The van der Waals surface area contributed by atoms with E-state index < -0.39 is 0 Å². The molecular formula is C45H28N4S2. The summed E-state index contributed by atoms with van der Waals surface area (Å²) in [5.74, 6) is 0. The lowest BCUT2D eigenvalue weighted by Gasteiger charge is -2.08. The summed E-state index contributed by atoms with van der Waals surface area (Å²) in [6, 6.07) is 57.4. The fourth-order valence-electron chi connectivity index (χ4n) is 6.98. The molecule has 0 saturated heterocycles. The molecule has 4 nitrogen and oxygen atoms in total. The smallest absolute Gasteiger partial charge is 0.125 e. The molecule has 0 aliphatic heterocycles. The van der Waals surface area contributed by atoms with Gasteiger partial charge in [-0.1, -0.05) is 133 Å². The molecule has 3 aromatic heterocycles. The van der Waals surface area contributed by atoms with Crippen molar-refractivity contribution >= 4 is 54.1 Å². The first-order valence-corrected chi connectivity index (χ1v) is 18.5.